The van der Waals surface area contributed by atoms with Crippen LogP contribution in [0, 0.1) is 18.8 Å². The Hall–Kier alpha value is -3.20. The van der Waals surface area contributed by atoms with Crippen LogP contribution >= 0.6 is 0 Å². The van der Waals surface area contributed by atoms with E-state index in [1.165, 1.54) is 11.6 Å². The highest BCUT2D eigenvalue weighted by Crippen LogP contribution is 2.34. The first-order chi connectivity index (χ1) is 13.5. The van der Waals surface area contributed by atoms with Gasteiger partial charge < -0.3 is 5.01 Å². The molecule has 6 heteroatoms. The summed E-state index contributed by atoms with van der Waals surface area (Å²) >= 11 is 0. The van der Waals surface area contributed by atoms with Gasteiger partial charge in [-0.15, -0.1) is 12.8 Å². The van der Waals surface area contributed by atoms with Crippen LogP contribution in [0.25, 0.3) is 0 Å². The molecule has 2 atom stereocenters. The van der Waals surface area contributed by atoms with Gasteiger partial charge >= 0.3 is 0 Å². The molecule has 1 heterocycles. The van der Waals surface area contributed by atoms with Crippen molar-refractivity contribution >= 4 is 24.9 Å². The molecule has 0 aromatic heterocycles. The second kappa shape index (κ2) is 12.2. The number of hydrogen-bond donors (Lipinski definition) is 0. The minimum Gasteiger partial charge on any atom is -0.303 e. The number of fused-ring (bicyclic) bond motifs is 1. The van der Waals surface area contributed by atoms with Gasteiger partial charge in [0.25, 0.3) is 0 Å². The molecule has 0 N–H and O–H groups in total. The van der Waals surface area contributed by atoms with Crippen LogP contribution in [0.3, 0.4) is 0 Å². The molecule has 0 bridgehead atoms. The molecule has 148 valence electrons. The van der Waals surface area contributed by atoms with E-state index in [9.17, 15) is 4.79 Å². The van der Waals surface area contributed by atoms with E-state index in [1.54, 1.807) is 22.4 Å². The van der Waals surface area contributed by atoms with Crippen molar-refractivity contribution in [2.75, 3.05) is 20.6 Å². The van der Waals surface area contributed by atoms with Crippen molar-refractivity contribution in [1.29, 1.82) is 0 Å². The number of hydrogen-bond acceptors (Lipinski definition) is 6. The van der Waals surface area contributed by atoms with Crippen LogP contribution < -0.4 is 0 Å². The summed E-state index contributed by atoms with van der Waals surface area (Å²) in [7, 11) is 3.71. The third-order valence-corrected chi connectivity index (χ3v) is 4.17. The maximum absolute atomic E-state index is 10.5. The highest BCUT2D eigenvalue weighted by atomic mass is 16.1. The SMILES string of the molecule is C#C.CN(C)/N=C\CN(/C=C\C=O)/N=C/CCC1=CC2C=CC=NC2(C)C=C1. The molecule has 0 radical (unpaired) electrons. The van der Waals surface area contributed by atoms with E-state index >= 15 is 0 Å². The fraction of sp³-hybridized carbons (Fsp3) is 0.364. The van der Waals surface area contributed by atoms with Crippen molar-refractivity contribution in [2.45, 2.75) is 25.3 Å². The number of dihydropyridines is 1. The summed E-state index contributed by atoms with van der Waals surface area (Å²) in [6, 6.07) is 0. The van der Waals surface area contributed by atoms with E-state index in [2.05, 4.69) is 59.3 Å². The standard InChI is InChI=1S/C20H27N5O.C2H2/c1-20-10-9-18(17-19(20)8-5-11-21-20)7-4-12-23-25(14-6-16-26)15-13-22-24(2)3;1-2/h5-6,8-14,16-17,19H,4,7,15H2,1-3H3;1-2H/b14-6-,22-13-,23-12+;. The van der Waals surface area contributed by atoms with E-state index in [4.69, 9.17) is 0 Å². The Labute approximate surface area is 168 Å². The van der Waals surface area contributed by atoms with Gasteiger partial charge in [0.2, 0.25) is 0 Å². The average Bonchev–Trinajstić information content (AvgIpc) is 2.70. The smallest absolute Gasteiger partial charge is 0.144 e. The molecule has 0 aromatic carbocycles. The van der Waals surface area contributed by atoms with Crippen molar-refractivity contribution in [2.24, 2.45) is 21.1 Å². The Morgan fingerprint density at radius 1 is 1.29 bits per heavy atom. The second-order valence-corrected chi connectivity index (χ2v) is 6.57. The Balaban J connectivity index is 0.00000190. The van der Waals surface area contributed by atoms with Gasteiger partial charge in [-0.25, -0.2) is 0 Å². The summed E-state index contributed by atoms with van der Waals surface area (Å²) in [5.41, 5.74) is 1.15. The summed E-state index contributed by atoms with van der Waals surface area (Å²) in [5, 5.41) is 12.0. The van der Waals surface area contributed by atoms with E-state index in [1.807, 2.05) is 32.6 Å². The Morgan fingerprint density at radius 3 is 2.79 bits per heavy atom. The number of carbonyl (C=O) groups is 1. The maximum Gasteiger partial charge on any atom is 0.144 e. The van der Waals surface area contributed by atoms with Crippen molar-refractivity contribution in [3.63, 3.8) is 0 Å². The minimum absolute atomic E-state index is 0.144. The van der Waals surface area contributed by atoms with Crippen molar-refractivity contribution in [1.82, 2.24) is 10.0 Å². The summed E-state index contributed by atoms with van der Waals surface area (Å²) in [6.45, 7) is 2.65. The van der Waals surface area contributed by atoms with Gasteiger partial charge in [0, 0.05) is 44.9 Å². The van der Waals surface area contributed by atoms with E-state index < -0.39 is 0 Å². The van der Waals surface area contributed by atoms with Crippen LogP contribution in [-0.2, 0) is 4.79 Å². The molecular formula is C22H29N5O. The Bertz CT molecular complexity index is 724. The lowest BCUT2D eigenvalue weighted by molar-refractivity contribution is -0.104. The molecule has 0 amide bonds. The van der Waals surface area contributed by atoms with Gasteiger partial charge in [-0.1, -0.05) is 29.9 Å². The number of terminal acetylenes is 1. The lowest BCUT2D eigenvalue weighted by Gasteiger charge is -2.32. The zero-order valence-electron chi connectivity index (χ0n) is 16.8. The fourth-order valence-corrected chi connectivity index (χ4v) is 2.72. The third kappa shape index (κ3) is 7.58. The zero-order valence-corrected chi connectivity index (χ0v) is 16.8. The van der Waals surface area contributed by atoms with Gasteiger partial charge in [-0.05, 0) is 31.9 Å². The minimum atomic E-state index is -0.144. The first-order valence-electron chi connectivity index (χ1n) is 9.09. The topological polar surface area (TPSA) is 60.6 Å². The first kappa shape index (κ1) is 22.8. The second-order valence-electron chi connectivity index (χ2n) is 6.57. The molecule has 2 aliphatic rings. The molecule has 1 aliphatic carbocycles. The van der Waals surface area contributed by atoms with Crippen molar-refractivity contribution < 1.29 is 4.79 Å². The number of rotatable bonds is 9. The number of nitrogens with zero attached hydrogens (tertiary/aromatic N) is 5. The molecule has 2 unspecified atom stereocenters. The van der Waals surface area contributed by atoms with Crippen LogP contribution in [0.2, 0.25) is 0 Å². The highest BCUT2D eigenvalue weighted by Gasteiger charge is 2.31. The van der Waals surface area contributed by atoms with Crippen LogP contribution in [0.5, 0.6) is 0 Å². The van der Waals surface area contributed by atoms with Crippen LogP contribution in [0.1, 0.15) is 19.8 Å². The number of carbonyl (C=O) groups excluding carboxylic acids is 1. The van der Waals surface area contributed by atoms with Gasteiger partial charge in [-0.2, -0.15) is 10.2 Å². The Morgan fingerprint density at radius 2 is 2.07 bits per heavy atom. The highest BCUT2D eigenvalue weighted by molar-refractivity contribution is 5.74. The van der Waals surface area contributed by atoms with Crippen LogP contribution in [0.15, 0.2) is 63.4 Å². The average molecular weight is 380 g/mol. The molecule has 0 saturated heterocycles. The molecule has 0 saturated carbocycles. The quantitative estimate of drug-likeness (QED) is 0.203. The lowest BCUT2D eigenvalue weighted by atomic mass is 9.78. The van der Waals surface area contributed by atoms with Gasteiger partial charge in [0.15, 0.2) is 0 Å². The predicted octanol–water partition coefficient (Wildman–Crippen LogP) is 3.08. The monoisotopic (exact) mass is 379 g/mol. The maximum atomic E-state index is 10.5. The van der Waals surface area contributed by atoms with Gasteiger partial charge in [0.05, 0.1) is 12.1 Å². The van der Waals surface area contributed by atoms with E-state index in [-0.39, 0.29) is 5.54 Å². The summed E-state index contributed by atoms with van der Waals surface area (Å²) in [6.07, 6.45) is 29.9. The third-order valence-electron chi connectivity index (χ3n) is 4.17. The number of aliphatic imine (C=N–C) groups is 1. The molecule has 2 rings (SSSR count). The molecule has 6 nitrogen and oxygen atoms in total. The molecular weight excluding hydrogens is 350 g/mol. The van der Waals surface area contributed by atoms with Gasteiger partial charge in [0.1, 0.15) is 6.29 Å². The van der Waals surface area contributed by atoms with Crippen molar-refractivity contribution in [3.8, 4) is 12.8 Å². The molecule has 1 aliphatic heterocycles. The predicted molar refractivity (Wildman–Crippen MR) is 118 cm³/mol. The molecule has 0 fully saturated rings. The number of aldehydes is 1. The van der Waals surface area contributed by atoms with Gasteiger partial charge in [-0.3, -0.25) is 14.8 Å². The lowest BCUT2D eigenvalue weighted by Crippen LogP contribution is -2.31. The first-order valence-corrected chi connectivity index (χ1v) is 9.09. The molecule has 0 aromatic rings. The molecule has 0 spiro atoms. The molecule has 28 heavy (non-hydrogen) atoms. The number of hydrazone groups is 2. The van der Waals surface area contributed by atoms with Crippen molar-refractivity contribution in [3.05, 3.63) is 48.2 Å². The summed E-state index contributed by atoms with van der Waals surface area (Å²) in [4.78, 5) is 15.1. The zero-order chi connectivity index (χ0) is 20.8. The van der Waals surface area contributed by atoms with Crippen LogP contribution in [-0.4, -0.2) is 61.1 Å². The fourth-order valence-electron chi connectivity index (χ4n) is 2.72. The Kier molecular flexibility index (Phi) is 9.98. The number of allylic oxidation sites excluding steroid dienone is 4. The largest absolute Gasteiger partial charge is 0.303 e. The van der Waals surface area contributed by atoms with E-state index in [0.29, 0.717) is 12.5 Å². The normalized spacial score (nSPS) is 22.8. The summed E-state index contributed by atoms with van der Waals surface area (Å²) in [5.74, 6) is 0.318. The summed E-state index contributed by atoms with van der Waals surface area (Å²) < 4.78 is 0. The van der Waals surface area contributed by atoms with Crippen LogP contribution in [0.4, 0.5) is 0 Å². The van der Waals surface area contributed by atoms with E-state index in [0.717, 1.165) is 19.1 Å².